The average Bonchev–Trinajstić information content (AvgIpc) is 2.56. The van der Waals surface area contributed by atoms with E-state index < -0.39 is 15.7 Å². The summed E-state index contributed by atoms with van der Waals surface area (Å²) in [5.41, 5.74) is 0.554. The topological polar surface area (TPSA) is 79.8 Å². The van der Waals surface area contributed by atoms with Gasteiger partial charge in [-0.1, -0.05) is 19.9 Å². The molecule has 6 nitrogen and oxygen atoms in total. The first-order chi connectivity index (χ1) is 12.0. The fraction of sp³-hybridized carbons (Fsp3) is 0.611. The van der Waals surface area contributed by atoms with E-state index in [0.29, 0.717) is 18.9 Å². The summed E-state index contributed by atoms with van der Waals surface area (Å²) in [5.74, 6) is 0.510. The predicted octanol–water partition coefficient (Wildman–Crippen LogP) is 2.52. The Balaban J connectivity index is 2.65. The molecule has 0 aliphatic rings. The van der Waals surface area contributed by atoms with Gasteiger partial charge in [-0.15, -0.1) is 0 Å². The van der Waals surface area contributed by atoms with E-state index in [1.54, 1.807) is 19.2 Å². The van der Waals surface area contributed by atoms with E-state index in [9.17, 15) is 12.8 Å². The van der Waals surface area contributed by atoms with Gasteiger partial charge in [0.2, 0.25) is 0 Å². The third-order valence-corrected chi connectivity index (χ3v) is 5.08. The van der Waals surface area contributed by atoms with Gasteiger partial charge in [-0.25, -0.2) is 12.8 Å². The number of nitrogens with one attached hydrogen (secondary N) is 2. The van der Waals surface area contributed by atoms with Crippen LogP contribution in [0.1, 0.15) is 38.8 Å². The Morgan fingerprint density at radius 1 is 1.38 bits per heavy atom. The van der Waals surface area contributed by atoms with Gasteiger partial charge in [0.15, 0.2) is 17.5 Å². The molecule has 0 aliphatic carbocycles. The van der Waals surface area contributed by atoms with Crippen LogP contribution >= 0.6 is 0 Å². The molecule has 1 aromatic carbocycles. The molecule has 26 heavy (non-hydrogen) atoms. The first-order valence-electron chi connectivity index (χ1n) is 8.46. The molecule has 0 radical (unpaired) electrons. The van der Waals surface area contributed by atoms with Gasteiger partial charge < -0.3 is 15.4 Å². The third kappa shape index (κ3) is 7.59. The normalized spacial score (nSPS) is 14.0. The molecule has 1 rings (SSSR count). The van der Waals surface area contributed by atoms with Gasteiger partial charge in [0, 0.05) is 19.8 Å². The molecule has 0 aromatic heterocycles. The molecular weight excluding hydrogens is 357 g/mol. The number of halogens is 1. The van der Waals surface area contributed by atoms with Crippen LogP contribution in [0.25, 0.3) is 0 Å². The van der Waals surface area contributed by atoms with Crippen LogP contribution in [0.5, 0.6) is 5.75 Å². The van der Waals surface area contributed by atoms with Crippen molar-refractivity contribution >= 4 is 15.8 Å². The zero-order chi connectivity index (χ0) is 20.0. The molecule has 2 N–H and O–H groups in total. The highest BCUT2D eigenvalue weighted by atomic mass is 32.2. The Morgan fingerprint density at radius 3 is 2.54 bits per heavy atom. The summed E-state index contributed by atoms with van der Waals surface area (Å²) >= 11 is 0. The maximum Gasteiger partial charge on any atom is 0.191 e. The van der Waals surface area contributed by atoms with E-state index in [0.717, 1.165) is 5.56 Å². The third-order valence-electron chi connectivity index (χ3n) is 4.14. The molecule has 0 fully saturated rings. The summed E-state index contributed by atoms with van der Waals surface area (Å²) in [6, 6.07) is 4.65. The van der Waals surface area contributed by atoms with Crippen molar-refractivity contribution < 1.29 is 17.5 Å². The van der Waals surface area contributed by atoms with E-state index in [2.05, 4.69) is 15.6 Å². The summed E-state index contributed by atoms with van der Waals surface area (Å²) < 4.78 is 41.5. The molecule has 1 unspecified atom stereocenters. The lowest BCUT2D eigenvalue weighted by atomic mass is 9.90. The number of methoxy groups -OCH3 is 1. The molecular formula is C18H30FN3O3S. The van der Waals surface area contributed by atoms with Crippen molar-refractivity contribution in [2.24, 2.45) is 10.4 Å². The molecule has 0 bridgehead atoms. The number of hydrogen-bond acceptors (Lipinski definition) is 4. The summed E-state index contributed by atoms with van der Waals surface area (Å²) in [4.78, 5) is 4.18. The van der Waals surface area contributed by atoms with Crippen molar-refractivity contribution in [1.82, 2.24) is 10.6 Å². The number of aliphatic imine (C=N–C) groups is 1. The highest BCUT2D eigenvalue weighted by Gasteiger charge is 2.21. The minimum absolute atomic E-state index is 0.148. The predicted molar refractivity (Wildman–Crippen MR) is 104 cm³/mol. The van der Waals surface area contributed by atoms with E-state index in [1.165, 1.54) is 19.4 Å². The number of hydrogen-bond donors (Lipinski definition) is 2. The number of nitrogens with zero attached hydrogens (tertiary/aromatic N) is 1. The van der Waals surface area contributed by atoms with Gasteiger partial charge in [-0.05, 0) is 36.5 Å². The number of rotatable bonds is 8. The number of ether oxygens (including phenoxy) is 1. The average molecular weight is 388 g/mol. The minimum atomic E-state index is -2.99. The first kappa shape index (κ1) is 22.2. The number of benzene rings is 1. The second kappa shape index (κ2) is 9.21. The number of guanidine groups is 1. The van der Waals surface area contributed by atoms with Gasteiger partial charge in [0.25, 0.3) is 0 Å². The summed E-state index contributed by atoms with van der Waals surface area (Å²) in [6.45, 7) is 6.47. The fourth-order valence-electron chi connectivity index (χ4n) is 2.31. The van der Waals surface area contributed by atoms with Crippen LogP contribution in [0.15, 0.2) is 23.2 Å². The molecule has 0 heterocycles. The standard InChI is InChI=1S/C18H30FN3O3S/c1-13(14-7-8-16(25-5)15(19)11-14)22-17(20-4)21-12-18(2,3)9-10-26(6,23)24/h7-8,11,13H,9-10,12H2,1-6H3,(H2,20,21,22). The van der Waals surface area contributed by atoms with Crippen LogP contribution in [0.2, 0.25) is 0 Å². The van der Waals surface area contributed by atoms with Crippen LogP contribution < -0.4 is 15.4 Å². The smallest absolute Gasteiger partial charge is 0.191 e. The highest BCUT2D eigenvalue weighted by Crippen LogP contribution is 2.22. The van der Waals surface area contributed by atoms with Crippen molar-refractivity contribution in [1.29, 1.82) is 0 Å². The second-order valence-corrected chi connectivity index (χ2v) is 9.49. The van der Waals surface area contributed by atoms with Crippen molar-refractivity contribution in [2.45, 2.75) is 33.2 Å². The SMILES string of the molecule is CN=C(NCC(C)(C)CCS(C)(=O)=O)NC(C)c1ccc(OC)c(F)c1. The molecule has 0 saturated carbocycles. The molecule has 1 aromatic rings. The Morgan fingerprint density at radius 2 is 2.04 bits per heavy atom. The molecule has 0 amide bonds. The highest BCUT2D eigenvalue weighted by molar-refractivity contribution is 7.90. The first-order valence-corrected chi connectivity index (χ1v) is 10.5. The number of sulfone groups is 1. The Bertz CT molecular complexity index is 733. The quantitative estimate of drug-likeness (QED) is 0.529. The lowest BCUT2D eigenvalue weighted by Crippen LogP contribution is -2.43. The Hall–Kier alpha value is -1.83. The lowest BCUT2D eigenvalue weighted by molar-refractivity contribution is 0.348. The van der Waals surface area contributed by atoms with Crippen LogP contribution in [0.4, 0.5) is 4.39 Å². The van der Waals surface area contributed by atoms with Crippen LogP contribution in [0.3, 0.4) is 0 Å². The van der Waals surface area contributed by atoms with E-state index in [4.69, 9.17) is 4.74 Å². The fourth-order valence-corrected chi connectivity index (χ4v) is 3.23. The zero-order valence-corrected chi connectivity index (χ0v) is 17.2. The minimum Gasteiger partial charge on any atom is -0.494 e. The van der Waals surface area contributed by atoms with Crippen LogP contribution in [0, 0.1) is 11.2 Å². The van der Waals surface area contributed by atoms with Gasteiger partial charge in [-0.2, -0.15) is 0 Å². The molecule has 0 spiro atoms. The van der Waals surface area contributed by atoms with Crippen molar-refractivity contribution in [3.63, 3.8) is 0 Å². The van der Waals surface area contributed by atoms with Gasteiger partial charge in [0.1, 0.15) is 9.84 Å². The van der Waals surface area contributed by atoms with Crippen molar-refractivity contribution in [2.75, 3.05) is 32.7 Å². The summed E-state index contributed by atoms with van der Waals surface area (Å²) in [6.07, 6.45) is 1.79. The maximum atomic E-state index is 13.9. The van der Waals surface area contributed by atoms with Crippen LogP contribution in [-0.4, -0.2) is 47.1 Å². The van der Waals surface area contributed by atoms with Gasteiger partial charge in [0.05, 0.1) is 18.9 Å². The summed E-state index contributed by atoms with van der Waals surface area (Å²) in [7, 11) is 0.0948. The van der Waals surface area contributed by atoms with Gasteiger partial charge in [-0.3, -0.25) is 4.99 Å². The van der Waals surface area contributed by atoms with E-state index in [-0.39, 0.29) is 23.0 Å². The van der Waals surface area contributed by atoms with E-state index >= 15 is 0 Å². The molecule has 0 aliphatic heterocycles. The second-order valence-electron chi connectivity index (χ2n) is 7.23. The Labute approximate surface area is 156 Å². The Kier molecular flexibility index (Phi) is 7.87. The summed E-state index contributed by atoms with van der Waals surface area (Å²) in [5, 5.41) is 6.42. The zero-order valence-electron chi connectivity index (χ0n) is 16.4. The lowest BCUT2D eigenvalue weighted by Gasteiger charge is -2.27. The van der Waals surface area contributed by atoms with Crippen molar-refractivity contribution in [3.05, 3.63) is 29.6 Å². The van der Waals surface area contributed by atoms with Crippen molar-refractivity contribution in [3.8, 4) is 5.75 Å². The molecule has 0 saturated heterocycles. The monoisotopic (exact) mass is 387 g/mol. The maximum absolute atomic E-state index is 13.9. The largest absolute Gasteiger partial charge is 0.494 e. The van der Waals surface area contributed by atoms with Crippen LogP contribution in [-0.2, 0) is 9.84 Å². The molecule has 8 heteroatoms. The molecule has 148 valence electrons. The van der Waals surface area contributed by atoms with Gasteiger partial charge >= 0.3 is 0 Å². The van der Waals surface area contributed by atoms with E-state index in [1.807, 2.05) is 20.8 Å². The molecule has 1 atom stereocenters.